The minimum atomic E-state index is -0.113. The van der Waals surface area contributed by atoms with Crippen molar-refractivity contribution in [1.29, 1.82) is 0 Å². The molecule has 2 aromatic heterocycles. The molecule has 4 rings (SSSR count). The number of thiazole rings is 1. The molecule has 0 unspecified atom stereocenters. The molecule has 0 aliphatic heterocycles. The zero-order chi connectivity index (χ0) is 20.1. The fourth-order valence-electron chi connectivity index (χ4n) is 2.88. The predicted octanol–water partition coefficient (Wildman–Crippen LogP) is 5.00. The summed E-state index contributed by atoms with van der Waals surface area (Å²) in [5.74, 6) is 2.11. The number of aryl methyl sites for hydroxylation is 1. The molecular weight excluding hydrogens is 384 g/mol. The minimum Gasteiger partial charge on any atom is -0.457 e. The van der Waals surface area contributed by atoms with Crippen molar-refractivity contribution in [1.82, 2.24) is 14.8 Å². The molecule has 1 N–H and O–H groups in total. The van der Waals surface area contributed by atoms with E-state index in [0.717, 1.165) is 27.8 Å². The van der Waals surface area contributed by atoms with Crippen molar-refractivity contribution in [3.05, 3.63) is 77.9 Å². The molecule has 0 saturated heterocycles. The molecule has 0 fully saturated rings. The second kappa shape index (κ2) is 8.70. The third-order valence-electron chi connectivity index (χ3n) is 4.24. The maximum Gasteiger partial charge on any atom is 0.231 e. The Morgan fingerprint density at radius 1 is 1.10 bits per heavy atom. The second-order valence-electron chi connectivity index (χ2n) is 6.34. The highest BCUT2D eigenvalue weighted by atomic mass is 32.1. The number of hydrogen-bond donors (Lipinski definition) is 1. The molecule has 29 heavy (non-hydrogen) atoms. The molecule has 0 aliphatic rings. The van der Waals surface area contributed by atoms with Crippen LogP contribution >= 0.6 is 11.3 Å². The summed E-state index contributed by atoms with van der Waals surface area (Å²) >= 11 is 1.51. The number of carbonyl (C=O) groups excluding carboxylic acids is 1. The van der Waals surface area contributed by atoms with E-state index in [4.69, 9.17) is 4.74 Å². The van der Waals surface area contributed by atoms with Gasteiger partial charge in [0.05, 0.1) is 18.3 Å². The van der Waals surface area contributed by atoms with Crippen molar-refractivity contribution in [2.24, 2.45) is 0 Å². The first-order chi connectivity index (χ1) is 14.2. The standard InChI is InChI=1S/C22H20N4O2S/c1-2-26-20(11-12-23-26)25-21(27)14-17-15-29-22(24-17)16-7-6-10-19(13-16)28-18-8-4-3-5-9-18/h3-13,15H,2,14H2,1H3,(H,25,27). The van der Waals surface area contributed by atoms with Crippen LogP contribution in [-0.4, -0.2) is 20.7 Å². The van der Waals surface area contributed by atoms with E-state index in [-0.39, 0.29) is 12.3 Å². The summed E-state index contributed by atoms with van der Waals surface area (Å²) in [6, 6.07) is 19.2. The summed E-state index contributed by atoms with van der Waals surface area (Å²) in [5.41, 5.74) is 1.69. The van der Waals surface area contributed by atoms with E-state index in [9.17, 15) is 4.79 Å². The Hall–Kier alpha value is -3.45. The Kier molecular flexibility index (Phi) is 5.67. The number of ether oxygens (including phenoxy) is 1. The van der Waals surface area contributed by atoms with Crippen LogP contribution in [0.4, 0.5) is 5.82 Å². The number of aromatic nitrogens is 3. The van der Waals surface area contributed by atoms with Gasteiger partial charge in [0.15, 0.2) is 0 Å². The van der Waals surface area contributed by atoms with Crippen LogP contribution in [0.1, 0.15) is 12.6 Å². The van der Waals surface area contributed by atoms with Gasteiger partial charge in [-0.05, 0) is 31.2 Å². The van der Waals surface area contributed by atoms with E-state index in [1.165, 1.54) is 11.3 Å². The molecule has 0 atom stereocenters. The summed E-state index contributed by atoms with van der Waals surface area (Å²) in [5, 5.41) is 9.80. The lowest BCUT2D eigenvalue weighted by atomic mass is 10.2. The zero-order valence-corrected chi connectivity index (χ0v) is 16.7. The molecule has 0 saturated carbocycles. The minimum absolute atomic E-state index is 0.113. The average Bonchev–Trinajstić information content (AvgIpc) is 3.38. The highest BCUT2D eigenvalue weighted by Crippen LogP contribution is 2.29. The summed E-state index contributed by atoms with van der Waals surface area (Å²) in [6.07, 6.45) is 1.89. The van der Waals surface area contributed by atoms with Crippen LogP contribution in [0.15, 0.2) is 72.2 Å². The fraction of sp³-hybridized carbons (Fsp3) is 0.136. The smallest absolute Gasteiger partial charge is 0.231 e. The van der Waals surface area contributed by atoms with Crippen LogP contribution in [0.2, 0.25) is 0 Å². The predicted molar refractivity (Wildman–Crippen MR) is 114 cm³/mol. The number of nitrogens with zero attached hydrogens (tertiary/aromatic N) is 3. The molecule has 6 nitrogen and oxygen atoms in total. The third-order valence-corrected chi connectivity index (χ3v) is 5.18. The quantitative estimate of drug-likeness (QED) is 0.471. The molecule has 146 valence electrons. The number of benzene rings is 2. The highest BCUT2D eigenvalue weighted by molar-refractivity contribution is 7.13. The molecule has 0 aliphatic carbocycles. The van der Waals surface area contributed by atoms with Crippen LogP contribution < -0.4 is 10.1 Å². The summed E-state index contributed by atoms with van der Waals surface area (Å²) in [6.45, 7) is 2.68. The number of hydrogen-bond acceptors (Lipinski definition) is 5. The van der Waals surface area contributed by atoms with Gasteiger partial charge in [-0.1, -0.05) is 30.3 Å². The molecular formula is C22H20N4O2S. The Morgan fingerprint density at radius 3 is 2.76 bits per heavy atom. The normalized spacial score (nSPS) is 10.7. The van der Waals surface area contributed by atoms with Gasteiger partial charge in [-0.3, -0.25) is 4.79 Å². The van der Waals surface area contributed by atoms with E-state index in [1.54, 1.807) is 16.9 Å². The number of carbonyl (C=O) groups is 1. The number of para-hydroxylation sites is 1. The van der Waals surface area contributed by atoms with Gasteiger partial charge in [-0.15, -0.1) is 11.3 Å². The van der Waals surface area contributed by atoms with Gasteiger partial charge in [0.1, 0.15) is 22.3 Å². The fourth-order valence-corrected chi connectivity index (χ4v) is 3.70. The van der Waals surface area contributed by atoms with Crippen molar-refractivity contribution in [2.75, 3.05) is 5.32 Å². The largest absolute Gasteiger partial charge is 0.457 e. The van der Waals surface area contributed by atoms with Gasteiger partial charge in [0, 0.05) is 23.6 Å². The number of anilines is 1. The van der Waals surface area contributed by atoms with E-state index < -0.39 is 0 Å². The third kappa shape index (κ3) is 4.70. The van der Waals surface area contributed by atoms with Gasteiger partial charge < -0.3 is 10.1 Å². The van der Waals surface area contributed by atoms with Gasteiger partial charge in [0.2, 0.25) is 5.91 Å². The summed E-state index contributed by atoms with van der Waals surface area (Å²) in [4.78, 5) is 17.0. The van der Waals surface area contributed by atoms with Crippen LogP contribution in [0.3, 0.4) is 0 Å². The van der Waals surface area contributed by atoms with E-state index in [1.807, 2.05) is 66.9 Å². The van der Waals surface area contributed by atoms with Crippen molar-refractivity contribution in [3.63, 3.8) is 0 Å². The molecule has 2 aromatic carbocycles. The van der Waals surface area contributed by atoms with Crippen LogP contribution in [-0.2, 0) is 17.8 Å². The van der Waals surface area contributed by atoms with Crippen LogP contribution in [0, 0.1) is 0 Å². The Bertz CT molecular complexity index is 1100. The lowest BCUT2D eigenvalue weighted by Crippen LogP contribution is -2.17. The van der Waals surface area contributed by atoms with Gasteiger partial charge in [-0.25, -0.2) is 9.67 Å². The monoisotopic (exact) mass is 404 g/mol. The van der Waals surface area contributed by atoms with Gasteiger partial charge >= 0.3 is 0 Å². The summed E-state index contributed by atoms with van der Waals surface area (Å²) in [7, 11) is 0. The lowest BCUT2D eigenvalue weighted by molar-refractivity contribution is -0.115. The Morgan fingerprint density at radius 2 is 1.93 bits per heavy atom. The van der Waals surface area contributed by atoms with E-state index in [0.29, 0.717) is 12.4 Å². The molecule has 0 bridgehead atoms. The topological polar surface area (TPSA) is 69.0 Å². The summed E-state index contributed by atoms with van der Waals surface area (Å²) < 4.78 is 7.64. The van der Waals surface area contributed by atoms with Crippen molar-refractivity contribution < 1.29 is 9.53 Å². The second-order valence-corrected chi connectivity index (χ2v) is 7.20. The molecule has 4 aromatic rings. The first-order valence-corrected chi connectivity index (χ1v) is 10.2. The molecule has 0 spiro atoms. The Labute approximate surface area is 172 Å². The van der Waals surface area contributed by atoms with Crippen molar-refractivity contribution in [2.45, 2.75) is 19.9 Å². The molecule has 7 heteroatoms. The first kappa shape index (κ1) is 18.9. The average molecular weight is 404 g/mol. The highest BCUT2D eigenvalue weighted by Gasteiger charge is 2.12. The van der Waals surface area contributed by atoms with Crippen LogP contribution in [0.25, 0.3) is 10.6 Å². The van der Waals surface area contributed by atoms with E-state index in [2.05, 4.69) is 15.4 Å². The van der Waals surface area contributed by atoms with Gasteiger partial charge in [0.25, 0.3) is 0 Å². The molecule has 1 amide bonds. The SMILES string of the molecule is CCn1nccc1NC(=O)Cc1csc(-c2cccc(Oc3ccccc3)c2)n1. The first-order valence-electron chi connectivity index (χ1n) is 9.30. The Balaban J connectivity index is 1.43. The number of rotatable bonds is 7. The molecule has 2 heterocycles. The number of nitrogens with one attached hydrogen (secondary N) is 1. The molecule has 0 radical (unpaired) electrons. The van der Waals surface area contributed by atoms with Crippen molar-refractivity contribution in [3.8, 4) is 22.1 Å². The maximum atomic E-state index is 12.3. The lowest BCUT2D eigenvalue weighted by Gasteiger charge is -2.06. The van der Waals surface area contributed by atoms with Crippen molar-refractivity contribution >= 4 is 23.1 Å². The maximum absolute atomic E-state index is 12.3. The number of amides is 1. The zero-order valence-electron chi connectivity index (χ0n) is 15.9. The van der Waals surface area contributed by atoms with E-state index >= 15 is 0 Å². The van der Waals surface area contributed by atoms with Gasteiger partial charge in [-0.2, -0.15) is 5.10 Å². The van der Waals surface area contributed by atoms with Crippen LogP contribution in [0.5, 0.6) is 11.5 Å².